The van der Waals surface area contributed by atoms with Gasteiger partial charge in [-0.1, -0.05) is 31.2 Å². The zero-order valence-electron chi connectivity index (χ0n) is 25.2. The molecule has 3 aromatic carbocycles. The molecule has 2 aliphatic rings. The molecule has 0 spiro atoms. The van der Waals surface area contributed by atoms with Gasteiger partial charge in [-0.05, 0) is 67.1 Å². The molecule has 0 unspecified atom stereocenters. The fraction of sp³-hybridized carbons (Fsp3) is 0.406. The van der Waals surface area contributed by atoms with Crippen LogP contribution in [0, 0.1) is 5.92 Å². The van der Waals surface area contributed by atoms with Crippen molar-refractivity contribution in [3.05, 3.63) is 71.8 Å². The van der Waals surface area contributed by atoms with Gasteiger partial charge in [-0.3, -0.25) is 9.69 Å². The molecule has 0 saturated heterocycles. The van der Waals surface area contributed by atoms with Gasteiger partial charge in [0.15, 0.2) is 11.5 Å². The standard InChI is InChI=1S/C32H39N3O7S/c1-21-16-35(22(2)19-36)43(38,39)31-12-10-25(24-7-6-8-26(14-24)32(37)33(3)4)15-29(31)42-30(21)18-34(5)17-23-9-11-27-28(13-23)41-20-40-27/h6-15,21-22,30,36H,16-20H2,1-5H3/t21-,22+,30-/m1/s1. The number of carbonyl (C=O) groups is 1. The highest BCUT2D eigenvalue weighted by atomic mass is 32.2. The Morgan fingerprint density at radius 3 is 2.49 bits per heavy atom. The molecule has 0 aliphatic carbocycles. The first-order valence-electron chi connectivity index (χ1n) is 14.3. The molecule has 0 fully saturated rings. The Labute approximate surface area is 253 Å². The van der Waals surface area contributed by atoms with Crippen LogP contribution in [0.3, 0.4) is 0 Å². The molecule has 10 nitrogen and oxygen atoms in total. The van der Waals surface area contributed by atoms with E-state index in [9.17, 15) is 18.3 Å². The molecule has 2 heterocycles. The summed E-state index contributed by atoms with van der Waals surface area (Å²) < 4.78 is 46.7. The van der Waals surface area contributed by atoms with Crippen molar-refractivity contribution in [2.24, 2.45) is 5.92 Å². The van der Waals surface area contributed by atoms with Crippen molar-refractivity contribution in [3.8, 4) is 28.4 Å². The third-order valence-electron chi connectivity index (χ3n) is 7.90. The summed E-state index contributed by atoms with van der Waals surface area (Å²) >= 11 is 0. The largest absolute Gasteiger partial charge is 0.487 e. The predicted molar refractivity (Wildman–Crippen MR) is 163 cm³/mol. The minimum Gasteiger partial charge on any atom is -0.487 e. The summed E-state index contributed by atoms with van der Waals surface area (Å²) in [6.07, 6.45) is -0.362. The number of ether oxygens (including phenoxy) is 3. The molecule has 230 valence electrons. The SMILES string of the molecule is C[C@@H]1CN([C@@H](C)CO)S(=O)(=O)c2ccc(-c3cccc(C(=O)N(C)C)c3)cc2O[C@@H]1CN(C)Cc1ccc2c(c1)OCO2. The van der Waals surface area contributed by atoms with Crippen molar-refractivity contribution < 1.29 is 32.5 Å². The summed E-state index contributed by atoms with van der Waals surface area (Å²) in [5.74, 6) is 1.37. The Hall–Kier alpha value is -3.64. The van der Waals surface area contributed by atoms with Crippen LogP contribution in [0.2, 0.25) is 0 Å². The van der Waals surface area contributed by atoms with Crippen LogP contribution in [0.25, 0.3) is 11.1 Å². The average molecular weight is 610 g/mol. The van der Waals surface area contributed by atoms with Gasteiger partial charge in [0.1, 0.15) is 16.7 Å². The molecule has 3 atom stereocenters. The third kappa shape index (κ3) is 6.50. The van der Waals surface area contributed by atoms with Crippen molar-refractivity contribution in [1.29, 1.82) is 0 Å². The number of amides is 1. The van der Waals surface area contributed by atoms with Crippen LogP contribution in [0.15, 0.2) is 65.6 Å². The highest BCUT2D eigenvalue weighted by molar-refractivity contribution is 7.89. The first-order valence-corrected chi connectivity index (χ1v) is 15.7. The number of aliphatic hydroxyl groups is 1. The highest BCUT2D eigenvalue weighted by Gasteiger charge is 2.38. The number of hydrogen-bond acceptors (Lipinski definition) is 8. The van der Waals surface area contributed by atoms with E-state index in [1.54, 1.807) is 57.4 Å². The normalized spacial score (nSPS) is 20.1. The number of carbonyl (C=O) groups excluding carboxylic acids is 1. The summed E-state index contributed by atoms with van der Waals surface area (Å²) in [7, 11) is 1.41. The smallest absolute Gasteiger partial charge is 0.253 e. The number of aliphatic hydroxyl groups excluding tert-OH is 1. The zero-order chi connectivity index (χ0) is 30.9. The first kappa shape index (κ1) is 30.8. The number of benzene rings is 3. The second-order valence-electron chi connectivity index (χ2n) is 11.6. The summed E-state index contributed by atoms with van der Waals surface area (Å²) in [6.45, 7) is 4.92. The third-order valence-corrected chi connectivity index (χ3v) is 9.92. The van der Waals surface area contributed by atoms with Gasteiger partial charge < -0.3 is 24.2 Å². The van der Waals surface area contributed by atoms with Crippen molar-refractivity contribution in [2.75, 3.05) is 47.6 Å². The number of fused-ring (bicyclic) bond motifs is 2. The minimum atomic E-state index is -3.98. The molecule has 11 heteroatoms. The molecule has 2 aliphatic heterocycles. The van der Waals surface area contributed by atoms with E-state index in [0.29, 0.717) is 18.7 Å². The quantitative estimate of drug-likeness (QED) is 0.412. The van der Waals surface area contributed by atoms with Gasteiger partial charge in [0.2, 0.25) is 16.8 Å². The van der Waals surface area contributed by atoms with E-state index < -0.39 is 16.1 Å². The Balaban J connectivity index is 1.49. The number of rotatable bonds is 8. The van der Waals surface area contributed by atoms with E-state index in [1.807, 2.05) is 38.2 Å². The fourth-order valence-corrected chi connectivity index (χ4v) is 7.26. The van der Waals surface area contributed by atoms with E-state index >= 15 is 0 Å². The maximum absolute atomic E-state index is 13.9. The van der Waals surface area contributed by atoms with Crippen molar-refractivity contribution in [2.45, 2.75) is 37.4 Å². The number of hydrogen-bond donors (Lipinski definition) is 1. The second kappa shape index (κ2) is 12.5. The van der Waals surface area contributed by atoms with E-state index in [4.69, 9.17) is 14.2 Å². The predicted octanol–water partition coefficient (Wildman–Crippen LogP) is 3.68. The molecule has 0 aromatic heterocycles. The van der Waals surface area contributed by atoms with Crippen LogP contribution in [-0.4, -0.2) is 93.3 Å². The summed E-state index contributed by atoms with van der Waals surface area (Å²) in [6, 6.07) is 17.5. The number of sulfonamides is 1. The van der Waals surface area contributed by atoms with E-state index in [2.05, 4.69) is 4.90 Å². The maximum atomic E-state index is 13.9. The molecular weight excluding hydrogens is 570 g/mol. The summed E-state index contributed by atoms with van der Waals surface area (Å²) in [5.41, 5.74) is 3.08. The summed E-state index contributed by atoms with van der Waals surface area (Å²) in [4.78, 5) is 16.3. The van der Waals surface area contributed by atoms with Crippen LogP contribution >= 0.6 is 0 Å². The topological polar surface area (TPSA) is 109 Å². The Kier molecular flexibility index (Phi) is 8.98. The molecule has 0 saturated carbocycles. The van der Waals surface area contributed by atoms with Gasteiger partial charge in [0, 0.05) is 51.3 Å². The van der Waals surface area contributed by atoms with Gasteiger partial charge in [-0.25, -0.2) is 8.42 Å². The lowest BCUT2D eigenvalue weighted by atomic mass is 10.0. The molecule has 0 bridgehead atoms. The molecule has 43 heavy (non-hydrogen) atoms. The zero-order valence-corrected chi connectivity index (χ0v) is 26.0. The fourth-order valence-electron chi connectivity index (χ4n) is 5.44. The minimum absolute atomic E-state index is 0.0485. The van der Waals surface area contributed by atoms with E-state index in [0.717, 1.165) is 28.2 Å². The monoisotopic (exact) mass is 609 g/mol. The van der Waals surface area contributed by atoms with Crippen LogP contribution in [0.5, 0.6) is 17.2 Å². The van der Waals surface area contributed by atoms with Crippen molar-refractivity contribution in [1.82, 2.24) is 14.1 Å². The molecule has 1 N–H and O–H groups in total. The molecule has 5 rings (SSSR count). The molecular formula is C32H39N3O7S. The van der Waals surface area contributed by atoms with Crippen molar-refractivity contribution >= 4 is 15.9 Å². The van der Waals surface area contributed by atoms with Crippen LogP contribution in [-0.2, 0) is 16.6 Å². The van der Waals surface area contributed by atoms with E-state index in [1.165, 1.54) is 9.21 Å². The Morgan fingerprint density at radius 1 is 1.00 bits per heavy atom. The van der Waals surface area contributed by atoms with Crippen molar-refractivity contribution in [3.63, 3.8) is 0 Å². The van der Waals surface area contributed by atoms with E-state index in [-0.39, 0.29) is 48.5 Å². The van der Waals surface area contributed by atoms with Crippen LogP contribution < -0.4 is 14.2 Å². The maximum Gasteiger partial charge on any atom is 0.253 e. The molecule has 0 radical (unpaired) electrons. The van der Waals surface area contributed by atoms with Gasteiger partial charge in [0.25, 0.3) is 5.91 Å². The highest BCUT2D eigenvalue weighted by Crippen LogP contribution is 2.37. The van der Waals surface area contributed by atoms with Crippen LogP contribution in [0.4, 0.5) is 0 Å². The lowest BCUT2D eigenvalue weighted by molar-refractivity contribution is 0.0734. The molecule has 3 aromatic rings. The number of likely N-dealkylation sites (N-methyl/N-ethyl adjacent to an activating group) is 1. The molecule has 1 amide bonds. The second-order valence-corrected chi connectivity index (χ2v) is 13.4. The Morgan fingerprint density at radius 2 is 1.74 bits per heavy atom. The van der Waals surface area contributed by atoms with Gasteiger partial charge in [0.05, 0.1) is 6.61 Å². The van der Waals surface area contributed by atoms with Gasteiger partial charge in [-0.15, -0.1) is 0 Å². The average Bonchev–Trinajstić information content (AvgIpc) is 3.46. The lowest BCUT2D eigenvalue weighted by Gasteiger charge is -2.37. The number of nitrogens with zero attached hydrogens (tertiary/aromatic N) is 3. The first-order chi connectivity index (χ1) is 20.5. The summed E-state index contributed by atoms with van der Waals surface area (Å²) in [5, 5.41) is 9.96. The van der Waals surface area contributed by atoms with Crippen LogP contribution in [0.1, 0.15) is 29.8 Å². The Bertz CT molecular complexity index is 1590. The van der Waals surface area contributed by atoms with Gasteiger partial charge in [-0.2, -0.15) is 4.31 Å². The lowest BCUT2D eigenvalue weighted by Crippen LogP contribution is -2.49. The van der Waals surface area contributed by atoms with Gasteiger partial charge >= 0.3 is 0 Å².